The summed E-state index contributed by atoms with van der Waals surface area (Å²) >= 11 is 0. The van der Waals surface area contributed by atoms with Gasteiger partial charge in [0, 0.05) is 38.4 Å². The third-order valence-electron chi connectivity index (χ3n) is 4.89. The van der Waals surface area contributed by atoms with E-state index in [-0.39, 0.29) is 0 Å². The zero-order valence-corrected chi connectivity index (χ0v) is 15.9. The largest absolute Gasteiger partial charge is 0.333 e. The van der Waals surface area contributed by atoms with E-state index in [4.69, 9.17) is 0 Å². The molecular weight excluding hydrogens is 340 g/mol. The fourth-order valence-electron chi connectivity index (χ4n) is 3.23. The molecule has 2 amide bonds. The molecule has 3 rings (SSSR count). The van der Waals surface area contributed by atoms with E-state index in [2.05, 4.69) is 40.3 Å². The molecule has 0 bridgehead atoms. The van der Waals surface area contributed by atoms with Gasteiger partial charge in [0.1, 0.15) is 0 Å². The van der Waals surface area contributed by atoms with Gasteiger partial charge in [-0.25, -0.2) is 0 Å². The fourth-order valence-corrected chi connectivity index (χ4v) is 3.23. The monoisotopic (exact) mass is 366 g/mol. The molecule has 0 spiro atoms. The Bertz CT molecular complexity index is 804. The number of carbonyl (C=O) groups is 2. The van der Waals surface area contributed by atoms with Crippen molar-refractivity contribution in [1.29, 1.82) is 0 Å². The van der Waals surface area contributed by atoms with Crippen molar-refractivity contribution in [2.24, 2.45) is 0 Å². The second kappa shape index (κ2) is 8.77. The first kappa shape index (κ1) is 19.0. The first-order valence-electron chi connectivity index (χ1n) is 9.33. The van der Waals surface area contributed by atoms with Gasteiger partial charge in [-0.1, -0.05) is 24.3 Å². The van der Waals surface area contributed by atoms with E-state index >= 15 is 0 Å². The number of aromatic nitrogens is 1. The van der Waals surface area contributed by atoms with Gasteiger partial charge in [-0.15, -0.1) is 0 Å². The Kier molecular flexibility index (Phi) is 6.19. The van der Waals surface area contributed by atoms with Gasteiger partial charge in [-0.05, 0) is 43.5 Å². The lowest BCUT2D eigenvalue weighted by molar-refractivity contribution is -0.143. The SMILES string of the molecule is Cc1ccc(NC(=O)C(=O)N2CCCN(Cc3ccccc3C)CC2)cn1. The van der Waals surface area contributed by atoms with Crippen molar-refractivity contribution in [3.8, 4) is 0 Å². The predicted octanol–water partition coefficient (Wildman–Crippen LogP) is 2.37. The standard InChI is InChI=1S/C21H26N4O2/c1-16-6-3-4-7-18(16)15-24-10-5-11-25(13-12-24)21(27)20(26)23-19-9-8-17(2)22-14-19/h3-4,6-9,14H,5,10-13,15H2,1-2H3,(H,23,26). The van der Waals surface area contributed by atoms with E-state index < -0.39 is 11.8 Å². The Labute approximate surface area is 160 Å². The molecule has 0 aliphatic carbocycles. The number of carbonyl (C=O) groups excluding carboxylic acids is 2. The third-order valence-corrected chi connectivity index (χ3v) is 4.89. The van der Waals surface area contributed by atoms with E-state index in [1.165, 1.54) is 11.1 Å². The molecule has 0 atom stereocenters. The topological polar surface area (TPSA) is 65.5 Å². The molecule has 1 N–H and O–H groups in total. The molecule has 2 heterocycles. The number of hydrogen-bond donors (Lipinski definition) is 1. The summed E-state index contributed by atoms with van der Waals surface area (Å²) in [6.45, 7) is 7.70. The zero-order valence-electron chi connectivity index (χ0n) is 15.9. The number of nitrogens with zero attached hydrogens (tertiary/aromatic N) is 3. The van der Waals surface area contributed by atoms with E-state index in [9.17, 15) is 9.59 Å². The molecule has 6 heteroatoms. The van der Waals surface area contributed by atoms with Gasteiger partial charge in [0.05, 0.1) is 11.9 Å². The number of aryl methyl sites for hydroxylation is 2. The van der Waals surface area contributed by atoms with Crippen LogP contribution in [0, 0.1) is 13.8 Å². The summed E-state index contributed by atoms with van der Waals surface area (Å²) in [5.41, 5.74) is 3.98. The molecule has 2 aromatic rings. The van der Waals surface area contributed by atoms with Crippen LogP contribution < -0.4 is 5.32 Å². The lowest BCUT2D eigenvalue weighted by Crippen LogP contribution is -2.41. The van der Waals surface area contributed by atoms with E-state index in [1.807, 2.05) is 13.0 Å². The quantitative estimate of drug-likeness (QED) is 0.847. The van der Waals surface area contributed by atoms with Crippen LogP contribution in [0.15, 0.2) is 42.6 Å². The Morgan fingerprint density at radius 2 is 1.85 bits per heavy atom. The Morgan fingerprint density at radius 3 is 2.59 bits per heavy atom. The number of pyridine rings is 1. The number of nitrogens with one attached hydrogen (secondary N) is 1. The van der Waals surface area contributed by atoms with Crippen LogP contribution in [-0.2, 0) is 16.1 Å². The van der Waals surface area contributed by atoms with E-state index in [1.54, 1.807) is 23.2 Å². The highest BCUT2D eigenvalue weighted by Crippen LogP contribution is 2.13. The Morgan fingerprint density at radius 1 is 1.04 bits per heavy atom. The maximum atomic E-state index is 12.5. The normalized spacial score (nSPS) is 15.3. The number of hydrogen-bond acceptors (Lipinski definition) is 4. The van der Waals surface area contributed by atoms with Crippen molar-refractivity contribution >= 4 is 17.5 Å². The van der Waals surface area contributed by atoms with Gasteiger partial charge in [0.2, 0.25) is 0 Å². The first-order chi connectivity index (χ1) is 13.0. The number of rotatable bonds is 3. The van der Waals surface area contributed by atoms with Crippen molar-refractivity contribution in [3.05, 3.63) is 59.4 Å². The van der Waals surface area contributed by atoms with Gasteiger partial charge in [-0.2, -0.15) is 0 Å². The minimum atomic E-state index is -0.604. The summed E-state index contributed by atoms with van der Waals surface area (Å²) in [5, 5.41) is 2.64. The molecule has 27 heavy (non-hydrogen) atoms. The molecule has 1 fully saturated rings. The van der Waals surface area contributed by atoms with Crippen LogP contribution in [0.4, 0.5) is 5.69 Å². The first-order valence-corrected chi connectivity index (χ1v) is 9.33. The molecular formula is C21H26N4O2. The molecule has 1 aromatic heterocycles. The minimum absolute atomic E-state index is 0.478. The smallest absolute Gasteiger partial charge is 0.313 e. The maximum Gasteiger partial charge on any atom is 0.313 e. The second-order valence-corrected chi connectivity index (χ2v) is 6.99. The number of amides is 2. The van der Waals surface area contributed by atoms with Gasteiger partial charge in [-0.3, -0.25) is 19.5 Å². The molecule has 1 aliphatic heterocycles. The molecule has 0 saturated carbocycles. The summed E-state index contributed by atoms with van der Waals surface area (Å²) in [5.74, 6) is -1.08. The minimum Gasteiger partial charge on any atom is -0.333 e. The van der Waals surface area contributed by atoms with Gasteiger partial charge in [0.25, 0.3) is 0 Å². The average molecular weight is 366 g/mol. The van der Waals surface area contributed by atoms with Crippen LogP contribution in [0.1, 0.15) is 23.2 Å². The van der Waals surface area contributed by atoms with E-state index in [0.29, 0.717) is 18.8 Å². The predicted molar refractivity (Wildman–Crippen MR) is 105 cm³/mol. The lowest BCUT2D eigenvalue weighted by Gasteiger charge is -2.22. The number of benzene rings is 1. The van der Waals surface area contributed by atoms with Crippen molar-refractivity contribution in [2.75, 3.05) is 31.5 Å². The van der Waals surface area contributed by atoms with Crippen LogP contribution in [0.5, 0.6) is 0 Å². The summed E-state index contributed by atoms with van der Waals surface area (Å²) in [6, 6.07) is 11.9. The lowest BCUT2D eigenvalue weighted by atomic mass is 10.1. The third kappa shape index (κ3) is 5.14. The highest BCUT2D eigenvalue weighted by atomic mass is 16.2. The van der Waals surface area contributed by atoms with Gasteiger partial charge >= 0.3 is 11.8 Å². The van der Waals surface area contributed by atoms with Crippen molar-refractivity contribution in [1.82, 2.24) is 14.8 Å². The van der Waals surface area contributed by atoms with Crippen LogP contribution >= 0.6 is 0 Å². The maximum absolute atomic E-state index is 12.5. The highest BCUT2D eigenvalue weighted by molar-refractivity contribution is 6.39. The summed E-state index contributed by atoms with van der Waals surface area (Å²) in [6.07, 6.45) is 2.42. The zero-order chi connectivity index (χ0) is 19.2. The van der Waals surface area contributed by atoms with Crippen LogP contribution in [0.3, 0.4) is 0 Å². The molecule has 6 nitrogen and oxygen atoms in total. The summed E-state index contributed by atoms with van der Waals surface area (Å²) in [4.78, 5) is 32.9. The fraction of sp³-hybridized carbons (Fsp3) is 0.381. The molecule has 0 unspecified atom stereocenters. The van der Waals surface area contributed by atoms with Crippen LogP contribution in [0.2, 0.25) is 0 Å². The molecule has 1 saturated heterocycles. The molecule has 1 aromatic carbocycles. The van der Waals surface area contributed by atoms with E-state index in [0.717, 1.165) is 31.7 Å². The van der Waals surface area contributed by atoms with Gasteiger partial charge < -0.3 is 10.2 Å². The number of anilines is 1. The Hall–Kier alpha value is -2.73. The van der Waals surface area contributed by atoms with Crippen LogP contribution in [0.25, 0.3) is 0 Å². The van der Waals surface area contributed by atoms with Gasteiger partial charge in [0.15, 0.2) is 0 Å². The molecule has 0 radical (unpaired) electrons. The van der Waals surface area contributed by atoms with Crippen molar-refractivity contribution < 1.29 is 9.59 Å². The van der Waals surface area contributed by atoms with Crippen molar-refractivity contribution in [2.45, 2.75) is 26.8 Å². The second-order valence-electron chi connectivity index (χ2n) is 6.99. The summed E-state index contributed by atoms with van der Waals surface area (Å²) < 4.78 is 0. The van der Waals surface area contributed by atoms with Crippen molar-refractivity contribution in [3.63, 3.8) is 0 Å². The Balaban J connectivity index is 1.55. The molecule has 142 valence electrons. The summed E-state index contributed by atoms with van der Waals surface area (Å²) in [7, 11) is 0. The molecule has 1 aliphatic rings. The highest BCUT2D eigenvalue weighted by Gasteiger charge is 2.24. The van der Waals surface area contributed by atoms with Crippen LogP contribution in [-0.4, -0.2) is 52.8 Å². The average Bonchev–Trinajstić information content (AvgIpc) is 2.90.